The summed E-state index contributed by atoms with van der Waals surface area (Å²) in [5.74, 6) is 1.06. The van der Waals surface area contributed by atoms with Gasteiger partial charge in [0.2, 0.25) is 0 Å². The summed E-state index contributed by atoms with van der Waals surface area (Å²) in [6.07, 6.45) is 2.36. The average Bonchev–Trinajstić information content (AvgIpc) is 2.52. The number of imidazole rings is 1. The molecule has 0 aromatic carbocycles. The van der Waals surface area contributed by atoms with E-state index in [-0.39, 0.29) is 0 Å². The first-order chi connectivity index (χ1) is 6.74. The van der Waals surface area contributed by atoms with Crippen molar-refractivity contribution in [1.29, 1.82) is 5.26 Å². The summed E-state index contributed by atoms with van der Waals surface area (Å²) in [7, 11) is 0. The molecule has 0 N–H and O–H groups in total. The maximum atomic E-state index is 8.55. The van der Waals surface area contributed by atoms with E-state index >= 15 is 0 Å². The molecule has 1 rings (SSSR count). The molecular weight excluding hydrogens is 242 g/mol. The lowest BCUT2D eigenvalue weighted by Gasteiger charge is -2.04. The van der Waals surface area contributed by atoms with Gasteiger partial charge in [0, 0.05) is 13.0 Å². The lowest BCUT2D eigenvalue weighted by molar-refractivity contribution is 0.658. The summed E-state index contributed by atoms with van der Waals surface area (Å²) in [6.45, 7) is 4.89. The van der Waals surface area contributed by atoms with Gasteiger partial charge in [-0.2, -0.15) is 5.26 Å². The van der Waals surface area contributed by atoms with E-state index in [2.05, 4.69) is 45.4 Å². The number of rotatable bonds is 4. The van der Waals surface area contributed by atoms with E-state index in [0.29, 0.717) is 6.42 Å². The summed E-state index contributed by atoms with van der Waals surface area (Å²) in [5, 5.41) is 8.55. The van der Waals surface area contributed by atoms with E-state index in [1.807, 2.05) is 0 Å². The van der Waals surface area contributed by atoms with E-state index < -0.39 is 0 Å². The summed E-state index contributed by atoms with van der Waals surface area (Å²) >= 11 is 3.52. The molecular formula is C10H14BrN3. The summed E-state index contributed by atoms with van der Waals surface area (Å²) in [5.41, 5.74) is 1.08. The molecule has 0 bridgehead atoms. The number of aryl methyl sites for hydroxylation is 2. The molecule has 0 amide bonds. The molecule has 0 aliphatic heterocycles. The molecule has 0 unspecified atom stereocenters. The molecule has 76 valence electrons. The minimum Gasteiger partial charge on any atom is -0.322 e. The fourth-order valence-electron chi connectivity index (χ4n) is 1.42. The van der Waals surface area contributed by atoms with Gasteiger partial charge in [-0.05, 0) is 22.4 Å². The molecule has 3 nitrogen and oxygen atoms in total. The van der Waals surface area contributed by atoms with Gasteiger partial charge in [-0.3, -0.25) is 0 Å². The van der Waals surface area contributed by atoms with Crippen molar-refractivity contribution in [3.8, 4) is 6.07 Å². The van der Waals surface area contributed by atoms with E-state index in [1.54, 1.807) is 0 Å². The van der Waals surface area contributed by atoms with Gasteiger partial charge in [-0.15, -0.1) is 0 Å². The zero-order valence-corrected chi connectivity index (χ0v) is 10.1. The van der Waals surface area contributed by atoms with Crippen LogP contribution in [0.4, 0.5) is 0 Å². The lowest BCUT2D eigenvalue weighted by atomic mass is 10.4. The fourth-order valence-corrected chi connectivity index (χ4v) is 2.17. The second kappa shape index (κ2) is 5.16. The molecule has 1 aromatic heterocycles. The summed E-state index contributed by atoms with van der Waals surface area (Å²) in [6, 6.07) is 2.15. The number of hydrogen-bond acceptors (Lipinski definition) is 2. The zero-order chi connectivity index (χ0) is 10.6. The van der Waals surface area contributed by atoms with Crippen molar-refractivity contribution in [2.75, 3.05) is 0 Å². The van der Waals surface area contributed by atoms with Crippen LogP contribution in [0.5, 0.6) is 0 Å². The van der Waals surface area contributed by atoms with Crippen LogP contribution in [0.2, 0.25) is 0 Å². The largest absolute Gasteiger partial charge is 0.322 e. The third kappa shape index (κ3) is 2.16. The predicted molar refractivity (Wildman–Crippen MR) is 58.9 cm³/mol. The average molecular weight is 256 g/mol. The molecule has 4 heteroatoms. The lowest BCUT2D eigenvalue weighted by Crippen LogP contribution is -2.02. The molecule has 14 heavy (non-hydrogen) atoms. The summed E-state index contributed by atoms with van der Waals surface area (Å²) in [4.78, 5) is 4.51. The molecule has 1 aromatic rings. The number of aromatic nitrogens is 2. The van der Waals surface area contributed by atoms with Gasteiger partial charge in [0.1, 0.15) is 10.4 Å². The monoisotopic (exact) mass is 255 g/mol. The van der Waals surface area contributed by atoms with Crippen molar-refractivity contribution in [3.05, 3.63) is 16.1 Å². The fraction of sp³-hybridized carbons (Fsp3) is 0.600. The molecule has 0 aliphatic carbocycles. The second-order valence-electron chi connectivity index (χ2n) is 3.03. The van der Waals surface area contributed by atoms with Crippen LogP contribution in [0.25, 0.3) is 0 Å². The van der Waals surface area contributed by atoms with E-state index in [4.69, 9.17) is 5.26 Å². The molecule has 0 atom stereocenters. The molecule has 1 heterocycles. The number of nitrogens with zero attached hydrogens (tertiary/aromatic N) is 3. The molecule has 0 saturated heterocycles. The Kier molecular flexibility index (Phi) is 4.15. The Bertz CT molecular complexity index is 349. The minimum atomic E-state index is 0.533. The minimum absolute atomic E-state index is 0.533. The molecule has 0 spiro atoms. The summed E-state index contributed by atoms with van der Waals surface area (Å²) < 4.78 is 3.12. The highest BCUT2D eigenvalue weighted by Gasteiger charge is 2.11. The van der Waals surface area contributed by atoms with Crippen molar-refractivity contribution >= 4 is 15.9 Å². The third-order valence-electron chi connectivity index (χ3n) is 2.15. The van der Waals surface area contributed by atoms with Crippen LogP contribution in [-0.2, 0) is 19.4 Å². The Labute approximate surface area is 92.9 Å². The Morgan fingerprint density at radius 3 is 2.64 bits per heavy atom. The van der Waals surface area contributed by atoms with Crippen LogP contribution >= 0.6 is 15.9 Å². The normalized spacial score (nSPS) is 10.1. The van der Waals surface area contributed by atoms with Gasteiger partial charge in [0.25, 0.3) is 0 Å². The predicted octanol–water partition coefficient (Wildman–Crippen LogP) is 2.68. The Morgan fingerprint density at radius 1 is 1.43 bits per heavy atom. The first kappa shape index (κ1) is 11.3. The van der Waals surface area contributed by atoms with Crippen molar-refractivity contribution in [2.24, 2.45) is 0 Å². The quantitative estimate of drug-likeness (QED) is 0.831. The topological polar surface area (TPSA) is 41.6 Å². The maximum Gasteiger partial charge on any atom is 0.109 e. The Morgan fingerprint density at radius 2 is 2.14 bits per heavy atom. The second-order valence-corrected chi connectivity index (χ2v) is 3.78. The van der Waals surface area contributed by atoms with Crippen molar-refractivity contribution in [1.82, 2.24) is 9.55 Å². The van der Waals surface area contributed by atoms with Gasteiger partial charge >= 0.3 is 0 Å². The Hall–Kier alpha value is -0.820. The highest BCUT2D eigenvalue weighted by molar-refractivity contribution is 9.10. The maximum absolute atomic E-state index is 8.55. The SMILES string of the molecule is CCc1nc(CC)n(CCC#N)c1Br. The van der Waals surface area contributed by atoms with E-state index in [0.717, 1.165) is 35.5 Å². The number of halogens is 1. The first-order valence-corrected chi connectivity index (χ1v) is 5.64. The smallest absolute Gasteiger partial charge is 0.109 e. The van der Waals surface area contributed by atoms with Crippen LogP contribution in [-0.4, -0.2) is 9.55 Å². The van der Waals surface area contributed by atoms with E-state index in [1.165, 1.54) is 0 Å². The molecule has 0 radical (unpaired) electrons. The van der Waals surface area contributed by atoms with Gasteiger partial charge in [0.15, 0.2) is 0 Å². The number of nitriles is 1. The molecule has 0 fully saturated rings. The van der Waals surface area contributed by atoms with Crippen LogP contribution in [0, 0.1) is 11.3 Å². The van der Waals surface area contributed by atoms with Crippen LogP contribution < -0.4 is 0 Å². The standard InChI is InChI=1S/C10H14BrN3/c1-3-8-10(11)14(7-5-6-12)9(4-2)13-8/h3-5,7H2,1-2H3. The molecule has 0 saturated carbocycles. The zero-order valence-electron chi connectivity index (χ0n) is 8.55. The van der Waals surface area contributed by atoms with Gasteiger partial charge < -0.3 is 4.57 Å². The van der Waals surface area contributed by atoms with Crippen LogP contribution in [0.3, 0.4) is 0 Å². The van der Waals surface area contributed by atoms with Crippen molar-refractivity contribution in [3.63, 3.8) is 0 Å². The van der Waals surface area contributed by atoms with Gasteiger partial charge in [-0.1, -0.05) is 13.8 Å². The highest BCUT2D eigenvalue weighted by Crippen LogP contribution is 2.20. The Balaban J connectivity index is 2.99. The highest BCUT2D eigenvalue weighted by atomic mass is 79.9. The van der Waals surface area contributed by atoms with Crippen LogP contribution in [0.1, 0.15) is 31.8 Å². The molecule has 0 aliphatic rings. The first-order valence-electron chi connectivity index (χ1n) is 4.85. The number of hydrogen-bond donors (Lipinski definition) is 0. The van der Waals surface area contributed by atoms with Gasteiger partial charge in [0.05, 0.1) is 18.2 Å². The van der Waals surface area contributed by atoms with E-state index in [9.17, 15) is 0 Å². The van der Waals surface area contributed by atoms with Crippen molar-refractivity contribution < 1.29 is 0 Å². The third-order valence-corrected chi connectivity index (χ3v) is 3.03. The van der Waals surface area contributed by atoms with Gasteiger partial charge in [-0.25, -0.2) is 4.98 Å². The van der Waals surface area contributed by atoms with Crippen LogP contribution in [0.15, 0.2) is 4.60 Å². The van der Waals surface area contributed by atoms with Crippen molar-refractivity contribution in [2.45, 2.75) is 39.7 Å².